The lowest BCUT2D eigenvalue weighted by Gasteiger charge is -2.22. The topological polar surface area (TPSA) is 48.1 Å². The highest BCUT2D eigenvalue weighted by Gasteiger charge is 2.09. The number of hydrogen-bond acceptors (Lipinski definition) is 5. The van der Waals surface area contributed by atoms with Gasteiger partial charge in [-0.05, 0) is 27.4 Å². The van der Waals surface area contributed by atoms with Crippen LogP contribution >= 0.6 is 12.6 Å². The minimum absolute atomic E-state index is 0.429. The summed E-state index contributed by atoms with van der Waals surface area (Å²) < 4.78 is 0. The second kappa shape index (κ2) is 11.3. The first-order valence-corrected chi connectivity index (χ1v) is 7.22. The molecule has 0 aliphatic carbocycles. The van der Waals surface area contributed by atoms with E-state index in [4.69, 9.17) is 0 Å². The maximum absolute atomic E-state index is 4.39. The van der Waals surface area contributed by atoms with Gasteiger partial charge in [0.25, 0.3) is 0 Å². The van der Waals surface area contributed by atoms with Crippen molar-refractivity contribution in [3.8, 4) is 0 Å². The van der Waals surface area contributed by atoms with Crippen LogP contribution in [-0.2, 0) is 0 Å². The number of nitrogens with one attached hydrogen (secondary N) is 4. The molecule has 0 radical (unpaired) electrons. The Labute approximate surface area is 112 Å². The van der Waals surface area contributed by atoms with Gasteiger partial charge in [0.2, 0.25) is 0 Å². The van der Waals surface area contributed by atoms with Crippen molar-refractivity contribution in [3.63, 3.8) is 0 Å². The van der Waals surface area contributed by atoms with Crippen LogP contribution in [0, 0.1) is 0 Å². The van der Waals surface area contributed by atoms with Crippen LogP contribution in [0.4, 0.5) is 0 Å². The van der Waals surface area contributed by atoms with E-state index in [9.17, 15) is 0 Å². The third-order valence-electron chi connectivity index (χ3n) is 2.71. The largest absolute Gasteiger partial charge is 0.318 e. The van der Waals surface area contributed by atoms with Gasteiger partial charge in [0.15, 0.2) is 0 Å². The fourth-order valence-electron chi connectivity index (χ4n) is 1.69. The van der Waals surface area contributed by atoms with Crippen molar-refractivity contribution in [2.45, 2.75) is 38.9 Å². The van der Waals surface area contributed by atoms with E-state index in [2.05, 4.69) is 54.7 Å². The van der Waals surface area contributed by atoms with E-state index in [1.165, 1.54) is 0 Å². The summed E-state index contributed by atoms with van der Waals surface area (Å²) in [5.74, 6) is 0.859. The minimum atomic E-state index is 0.429. The Kier molecular flexibility index (Phi) is 11.4. The van der Waals surface area contributed by atoms with Gasteiger partial charge in [-0.15, -0.1) is 0 Å². The van der Waals surface area contributed by atoms with Crippen molar-refractivity contribution >= 4 is 12.6 Å². The fraction of sp³-hybridized carbons (Fsp3) is 1.00. The molecule has 5 heteroatoms. The monoisotopic (exact) mass is 262 g/mol. The second-order valence-corrected chi connectivity index (χ2v) is 4.98. The summed E-state index contributed by atoms with van der Waals surface area (Å²) >= 11 is 4.39. The standard InChI is InChI=1S/C12H30N4S/c1-5-14-11(3)7-16-12(9-17)8-15-10(2)6-13-4/h10-17H,5-9H2,1-4H3. The van der Waals surface area contributed by atoms with Crippen LogP contribution in [0.5, 0.6) is 0 Å². The van der Waals surface area contributed by atoms with Gasteiger partial charge in [-0.1, -0.05) is 6.92 Å². The second-order valence-electron chi connectivity index (χ2n) is 4.61. The average molecular weight is 262 g/mol. The Balaban J connectivity index is 3.68. The molecule has 3 unspecified atom stereocenters. The van der Waals surface area contributed by atoms with E-state index in [0.29, 0.717) is 18.1 Å². The predicted octanol–water partition coefficient (Wildman–Crippen LogP) is 0.0699. The van der Waals surface area contributed by atoms with Crippen molar-refractivity contribution < 1.29 is 0 Å². The summed E-state index contributed by atoms with van der Waals surface area (Å²) in [4.78, 5) is 0. The minimum Gasteiger partial charge on any atom is -0.318 e. The summed E-state index contributed by atoms with van der Waals surface area (Å²) in [6, 6.07) is 1.44. The van der Waals surface area contributed by atoms with Gasteiger partial charge in [0, 0.05) is 43.5 Å². The lowest BCUT2D eigenvalue weighted by atomic mass is 10.2. The Morgan fingerprint density at radius 3 is 2.12 bits per heavy atom. The Morgan fingerprint density at radius 2 is 1.59 bits per heavy atom. The Bertz CT molecular complexity index is 153. The molecule has 4 N–H and O–H groups in total. The highest BCUT2D eigenvalue weighted by Crippen LogP contribution is 1.89. The molecular formula is C12H30N4S. The molecule has 0 saturated heterocycles. The molecule has 0 spiro atoms. The molecule has 0 rings (SSSR count). The van der Waals surface area contributed by atoms with Gasteiger partial charge in [-0.2, -0.15) is 12.6 Å². The van der Waals surface area contributed by atoms with Gasteiger partial charge in [0.05, 0.1) is 0 Å². The van der Waals surface area contributed by atoms with E-state index in [1.54, 1.807) is 0 Å². The highest BCUT2D eigenvalue weighted by atomic mass is 32.1. The molecule has 3 atom stereocenters. The van der Waals surface area contributed by atoms with E-state index < -0.39 is 0 Å². The third kappa shape index (κ3) is 9.85. The maximum Gasteiger partial charge on any atom is 0.0281 e. The fourth-order valence-corrected chi connectivity index (χ4v) is 1.95. The van der Waals surface area contributed by atoms with Gasteiger partial charge >= 0.3 is 0 Å². The molecule has 0 aromatic rings. The molecule has 0 heterocycles. The van der Waals surface area contributed by atoms with E-state index in [1.807, 2.05) is 7.05 Å². The van der Waals surface area contributed by atoms with Crippen LogP contribution in [0.1, 0.15) is 20.8 Å². The van der Waals surface area contributed by atoms with Crippen molar-refractivity contribution in [2.75, 3.05) is 39.0 Å². The van der Waals surface area contributed by atoms with E-state index in [-0.39, 0.29) is 0 Å². The first-order chi connectivity index (χ1) is 8.13. The van der Waals surface area contributed by atoms with Crippen LogP contribution < -0.4 is 21.3 Å². The maximum atomic E-state index is 4.39. The molecule has 0 aliphatic heterocycles. The number of hydrogen-bond donors (Lipinski definition) is 5. The van der Waals surface area contributed by atoms with Gasteiger partial charge in [-0.25, -0.2) is 0 Å². The third-order valence-corrected chi connectivity index (χ3v) is 3.15. The zero-order valence-corrected chi connectivity index (χ0v) is 12.6. The van der Waals surface area contributed by atoms with Gasteiger partial charge in [-0.3, -0.25) is 0 Å². The van der Waals surface area contributed by atoms with Crippen molar-refractivity contribution in [1.29, 1.82) is 0 Å². The number of rotatable bonds is 11. The zero-order valence-electron chi connectivity index (χ0n) is 11.7. The van der Waals surface area contributed by atoms with Crippen LogP contribution in [0.25, 0.3) is 0 Å². The smallest absolute Gasteiger partial charge is 0.0281 e. The molecule has 0 bridgehead atoms. The number of likely N-dealkylation sites (N-methyl/N-ethyl adjacent to an activating group) is 2. The normalized spacial score (nSPS) is 16.8. The van der Waals surface area contributed by atoms with Gasteiger partial charge < -0.3 is 21.3 Å². The molecule has 0 aromatic heterocycles. The lowest BCUT2D eigenvalue weighted by molar-refractivity contribution is 0.430. The molecule has 0 aliphatic rings. The van der Waals surface area contributed by atoms with Crippen molar-refractivity contribution in [1.82, 2.24) is 21.3 Å². The molecule has 0 aromatic carbocycles. The molecular weight excluding hydrogens is 232 g/mol. The summed E-state index contributed by atoms with van der Waals surface area (Å²) in [5.41, 5.74) is 0. The summed E-state index contributed by atoms with van der Waals surface area (Å²) in [5, 5.41) is 13.6. The average Bonchev–Trinajstić information content (AvgIpc) is 2.30. The summed E-state index contributed by atoms with van der Waals surface area (Å²) in [7, 11) is 1.98. The van der Waals surface area contributed by atoms with E-state index >= 15 is 0 Å². The zero-order chi connectivity index (χ0) is 13.1. The van der Waals surface area contributed by atoms with Crippen molar-refractivity contribution in [3.05, 3.63) is 0 Å². The number of thiol groups is 1. The molecule has 0 amide bonds. The van der Waals surface area contributed by atoms with Crippen LogP contribution in [0.2, 0.25) is 0 Å². The molecule has 17 heavy (non-hydrogen) atoms. The highest BCUT2D eigenvalue weighted by molar-refractivity contribution is 7.80. The van der Waals surface area contributed by atoms with Crippen molar-refractivity contribution in [2.24, 2.45) is 0 Å². The summed E-state index contributed by atoms with van der Waals surface area (Å²) in [6.07, 6.45) is 0. The summed E-state index contributed by atoms with van der Waals surface area (Å²) in [6.45, 7) is 10.5. The van der Waals surface area contributed by atoms with Crippen LogP contribution in [-0.4, -0.2) is 57.1 Å². The Hall–Kier alpha value is 0.190. The lowest BCUT2D eigenvalue weighted by Crippen LogP contribution is -2.48. The quantitative estimate of drug-likeness (QED) is 0.342. The molecule has 104 valence electrons. The molecule has 0 saturated carbocycles. The SMILES string of the molecule is CCNC(C)CNC(CS)CNC(C)CNC. The van der Waals surface area contributed by atoms with Gasteiger partial charge in [0.1, 0.15) is 0 Å². The van der Waals surface area contributed by atoms with Crippen LogP contribution in [0.15, 0.2) is 0 Å². The van der Waals surface area contributed by atoms with Crippen LogP contribution in [0.3, 0.4) is 0 Å². The van der Waals surface area contributed by atoms with E-state index in [0.717, 1.165) is 31.9 Å². The predicted molar refractivity (Wildman–Crippen MR) is 80.2 cm³/mol. The first-order valence-electron chi connectivity index (χ1n) is 6.59. The Morgan fingerprint density at radius 1 is 0.941 bits per heavy atom. The molecule has 4 nitrogen and oxygen atoms in total. The molecule has 0 fully saturated rings. The first kappa shape index (κ1) is 17.2.